The third-order valence-electron chi connectivity index (χ3n) is 4.37. The van der Waals surface area contributed by atoms with Crippen LogP contribution in [0.25, 0.3) is 0 Å². The lowest BCUT2D eigenvalue weighted by Gasteiger charge is -2.37. The molecule has 2 amide bonds. The quantitative estimate of drug-likeness (QED) is 0.629. The number of aliphatic hydroxyl groups is 1. The second-order valence-corrected chi connectivity index (χ2v) is 6.10. The van der Waals surface area contributed by atoms with Crippen LogP contribution in [0.1, 0.15) is 29.7 Å². The van der Waals surface area contributed by atoms with Crippen LogP contribution in [0, 0.1) is 0 Å². The fourth-order valence-electron chi connectivity index (χ4n) is 3.09. The van der Waals surface area contributed by atoms with Gasteiger partial charge in [0.25, 0.3) is 0 Å². The minimum Gasteiger partial charge on any atom is -0.378 e. The molecule has 0 unspecified atom stereocenters. The van der Waals surface area contributed by atoms with E-state index in [2.05, 4.69) is 20.6 Å². The number of rotatable bonds is 6. The highest BCUT2D eigenvalue weighted by atomic mass is 16.3. The van der Waals surface area contributed by atoms with E-state index in [1.165, 1.54) is 0 Å². The van der Waals surface area contributed by atoms with E-state index in [-0.39, 0.29) is 6.03 Å². The molecule has 138 valence electrons. The highest BCUT2D eigenvalue weighted by Crippen LogP contribution is 2.40. The number of amides is 2. The van der Waals surface area contributed by atoms with Gasteiger partial charge in [-0.05, 0) is 24.6 Å². The predicted molar refractivity (Wildman–Crippen MR) is 103 cm³/mol. The zero-order chi connectivity index (χ0) is 19.1. The van der Waals surface area contributed by atoms with Gasteiger partial charge in [0.05, 0.1) is 6.04 Å². The Morgan fingerprint density at radius 1 is 1.00 bits per heavy atom. The molecule has 1 atom stereocenters. The molecule has 0 saturated carbocycles. The van der Waals surface area contributed by atoms with Gasteiger partial charge in [0.2, 0.25) is 0 Å². The van der Waals surface area contributed by atoms with E-state index in [1.54, 1.807) is 49.1 Å². The van der Waals surface area contributed by atoms with Crippen LogP contribution >= 0.6 is 0 Å². The van der Waals surface area contributed by atoms with E-state index in [9.17, 15) is 9.90 Å². The monoisotopic (exact) mass is 362 g/mol. The minimum absolute atomic E-state index is 0.363. The Labute approximate surface area is 158 Å². The number of hydrogen-bond acceptors (Lipinski definition) is 4. The summed E-state index contributed by atoms with van der Waals surface area (Å²) in [6.45, 7) is 2.32. The number of pyridine rings is 2. The lowest BCUT2D eigenvalue weighted by Crippen LogP contribution is -2.48. The fourth-order valence-corrected chi connectivity index (χ4v) is 3.09. The number of benzene rings is 1. The standard InChI is InChI=1S/C21H22N4O2/c1-2-24-20(26)25-19(16-8-4-3-5-9-16)21(27,17-10-6-12-22-14-17)18-11-7-13-23-15-18/h3-15,19,27H,2H2,1H3,(H2,24,25,26)/t19-/m0/s1. The van der Waals surface area contributed by atoms with Crippen LogP contribution in [0.4, 0.5) is 4.79 Å². The number of carbonyl (C=O) groups excluding carboxylic acids is 1. The second kappa shape index (κ2) is 8.42. The van der Waals surface area contributed by atoms with Crippen molar-refractivity contribution < 1.29 is 9.90 Å². The van der Waals surface area contributed by atoms with Crippen molar-refractivity contribution in [1.82, 2.24) is 20.6 Å². The number of hydrogen-bond donors (Lipinski definition) is 3. The molecule has 0 fully saturated rings. The van der Waals surface area contributed by atoms with E-state index in [4.69, 9.17) is 0 Å². The second-order valence-electron chi connectivity index (χ2n) is 6.10. The van der Waals surface area contributed by atoms with Gasteiger partial charge in [-0.25, -0.2) is 4.79 Å². The van der Waals surface area contributed by atoms with Crippen molar-refractivity contribution in [3.63, 3.8) is 0 Å². The molecule has 2 aromatic heterocycles. The first-order chi connectivity index (χ1) is 13.2. The fraction of sp³-hybridized carbons (Fsp3) is 0.190. The maximum Gasteiger partial charge on any atom is 0.315 e. The average Bonchev–Trinajstić information content (AvgIpc) is 2.73. The first kappa shape index (κ1) is 18.5. The molecule has 0 aliphatic heterocycles. The van der Waals surface area contributed by atoms with Crippen LogP contribution in [0.3, 0.4) is 0 Å². The molecule has 2 heterocycles. The molecular weight excluding hydrogens is 340 g/mol. The van der Waals surface area contributed by atoms with Gasteiger partial charge in [-0.1, -0.05) is 42.5 Å². The highest BCUT2D eigenvalue weighted by molar-refractivity contribution is 5.74. The van der Waals surface area contributed by atoms with Gasteiger partial charge in [0, 0.05) is 42.5 Å². The molecule has 0 radical (unpaired) electrons. The van der Waals surface area contributed by atoms with Gasteiger partial charge in [-0.2, -0.15) is 0 Å². The van der Waals surface area contributed by atoms with Gasteiger partial charge in [-0.15, -0.1) is 0 Å². The lowest BCUT2D eigenvalue weighted by molar-refractivity contribution is 0.0395. The van der Waals surface area contributed by atoms with Crippen molar-refractivity contribution in [3.8, 4) is 0 Å². The van der Waals surface area contributed by atoms with Crippen molar-refractivity contribution in [2.75, 3.05) is 6.54 Å². The Morgan fingerprint density at radius 2 is 1.59 bits per heavy atom. The van der Waals surface area contributed by atoms with E-state index < -0.39 is 11.6 Å². The van der Waals surface area contributed by atoms with Gasteiger partial charge >= 0.3 is 6.03 Å². The van der Waals surface area contributed by atoms with Gasteiger partial charge in [0.1, 0.15) is 5.60 Å². The van der Waals surface area contributed by atoms with Crippen molar-refractivity contribution in [2.45, 2.75) is 18.6 Å². The summed E-state index contributed by atoms with van der Waals surface area (Å²) in [5, 5.41) is 17.6. The summed E-state index contributed by atoms with van der Waals surface area (Å²) in [6.07, 6.45) is 6.48. The third-order valence-corrected chi connectivity index (χ3v) is 4.37. The zero-order valence-electron chi connectivity index (χ0n) is 15.0. The molecule has 6 nitrogen and oxygen atoms in total. The van der Waals surface area contributed by atoms with Gasteiger partial charge < -0.3 is 15.7 Å². The van der Waals surface area contributed by atoms with Crippen LogP contribution in [0.15, 0.2) is 79.4 Å². The highest BCUT2D eigenvalue weighted by Gasteiger charge is 2.42. The Balaban J connectivity index is 2.17. The first-order valence-corrected chi connectivity index (χ1v) is 8.79. The Kier molecular flexibility index (Phi) is 5.78. The minimum atomic E-state index is -1.56. The van der Waals surface area contributed by atoms with E-state index in [0.717, 1.165) is 5.56 Å². The SMILES string of the molecule is CCNC(=O)N[C@@H](c1ccccc1)C(O)(c1cccnc1)c1cccnc1. The molecule has 1 aromatic carbocycles. The zero-order valence-corrected chi connectivity index (χ0v) is 15.0. The Bertz CT molecular complexity index is 818. The summed E-state index contributed by atoms with van der Waals surface area (Å²) in [5.74, 6) is 0. The lowest BCUT2D eigenvalue weighted by atomic mass is 9.78. The summed E-state index contributed by atoms with van der Waals surface area (Å²) in [4.78, 5) is 20.7. The molecule has 27 heavy (non-hydrogen) atoms. The molecule has 0 saturated heterocycles. The normalized spacial score (nSPS) is 12.2. The van der Waals surface area contributed by atoms with E-state index in [1.807, 2.05) is 37.3 Å². The number of urea groups is 1. The molecule has 0 bridgehead atoms. The maximum atomic E-state index is 12.4. The van der Waals surface area contributed by atoms with Gasteiger partial charge in [-0.3, -0.25) is 9.97 Å². The molecule has 0 spiro atoms. The van der Waals surface area contributed by atoms with Crippen molar-refractivity contribution in [3.05, 3.63) is 96.1 Å². The smallest absolute Gasteiger partial charge is 0.315 e. The first-order valence-electron chi connectivity index (χ1n) is 8.79. The van der Waals surface area contributed by atoms with Gasteiger partial charge in [0.15, 0.2) is 0 Å². The summed E-state index contributed by atoms with van der Waals surface area (Å²) >= 11 is 0. The average molecular weight is 362 g/mol. The number of aromatic nitrogens is 2. The molecular formula is C21H22N4O2. The van der Waals surface area contributed by atoms with E-state index >= 15 is 0 Å². The molecule has 6 heteroatoms. The number of nitrogens with one attached hydrogen (secondary N) is 2. The molecule has 0 aliphatic carbocycles. The largest absolute Gasteiger partial charge is 0.378 e. The molecule has 0 aliphatic rings. The predicted octanol–water partition coefficient (Wildman–Crippen LogP) is 2.77. The summed E-state index contributed by atoms with van der Waals surface area (Å²) < 4.78 is 0. The van der Waals surface area contributed by atoms with Crippen molar-refractivity contribution in [2.24, 2.45) is 0 Å². The van der Waals surface area contributed by atoms with E-state index in [0.29, 0.717) is 17.7 Å². The topological polar surface area (TPSA) is 87.1 Å². The van der Waals surface area contributed by atoms with Crippen LogP contribution in [-0.4, -0.2) is 27.7 Å². The number of carbonyl (C=O) groups is 1. The maximum absolute atomic E-state index is 12.4. The van der Waals surface area contributed by atoms with Crippen molar-refractivity contribution >= 4 is 6.03 Å². The Morgan fingerprint density at radius 3 is 2.07 bits per heavy atom. The molecule has 3 rings (SSSR count). The van der Waals surface area contributed by atoms with Crippen LogP contribution < -0.4 is 10.6 Å². The third kappa shape index (κ3) is 3.96. The summed E-state index contributed by atoms with van der Waals surface area (Å²) in [6, 6.07) is 15.3. The number of nitrogens with zero attached hydrogens (tertiary/aromatic N) is 2. The molecule has 3 aromatic rings. The summed E-state index contributed by atoms with van der Waals surface area (Å²) in [5.41, 5.74) is 0.320. The van der Waals surface area contributed by atoms with Crippen LogP contribution in [0.5, 0.6) is 0 Å². The summed E-state index contributed by atoms with van der Waals surface area (Å²) in [7, 11) is 0. The molecule has 3 N–H and O–H groups in total. The Hall–Kier alpha value is -3.25. The van der Waals surface area contributed by atoms with Crippen molar-refractivity contribution in [1.29, 1.82) is 0 Å². The van der Waals surface area contributed by atoms with Crippen LogP contribution in [0.2, 0.25) is 0 Å². The van der Waals surface area contributed by atoms with Crippen LogP contribution in [-0.2, 0) is 5.60 Å².